The van der Waals surface area contributed by atoms with Gasteiger partial charge < -0.3 is 5.11 Å². The summed E-state index contributed by atoms with van der Waals surface area (Å²) >= 11 is 0. The van der Waals surface area contributed by atoms with Crippen molar-refractivity contribution in [3.8, 4) is 0 Å². The zero-order chi connectivity index (χ0) is 23.6. The molecule has 0 fully saturated rings. The summed E-state index contributed by atoms with van der Waals surface area (Å²) in [5.74, 6) is -1.28. The molecule has 5 nitrogen and oxygen atoms in total. The fraction of sp³-hybridized carbons (Fsp3) is 0.955. The maximum absolute atomic E-state index is 13.3. The predicted octanol–water partition coefficient (Wildman–Crippen LogP) is 6.98. The Balaban J connectivity index is 7.40. The maximum Gasteiger partial charge on any atom is 0.324 e. The van der Waals surface area contributed by atoms with Gasteiger partial charge in [-0.2, -0.15) is 8.42 Å². The van der Waals surface area contributed by atoms with Crippen LogP contribution in [0.25, 0.3) is 0 Å². The van der Waals surface area contributed by atoms with Gasteiger partial charge in [0.25, 0.3) is 10.1 Å². The van der Waals surface area contributed by atoms with Crippen LogP contribution < -0.4 is 0 Å². The van der Waals surface area contributed by atoms with Crippen molar-refractivity contribution in [2.75, 3.05) is 0 Å². The molecule has 2 N–H and O–H groups in total. The second-order valence-electron chi connectivity index (χ2n) is 9.38. The van der Waals surface area contributed by atoms with E-state index in [2.05, 4.69) is 20.8 Å². The van der Waals surface area contributed by atoms with E-state index >= 15 is 0 Å². The molecule has 180 valence electrons. The standard InChI is InChI=1S/C22H48O5SSi2/c1-8-14-29(15-9-2,16-10-3)20(7)22(21(23)24,28(25,26)27)30(17-11-4,18-12-5)19-13-6/h20H,8-19H2,1-7H3,(H,23,24)(H,25,26,27). The lowest BCUT2D eigenvalue weighted by atomic mass is 10.3. The van der Waals surface area contributed by atoms with Crippen LogP contribution in [0.15, 0.2) is 0 Å². The first kappa shape index (κ1) is 29.8. The molecule has 0 radical (unpaired) electrons. The summed E-state index contributed by atoms with van der Waals surface area (Å²) in [6.45, 7) is 14.3. The van der Waals surface area contributed by atoms with E-state index in [-0.39, 0.29) is 0 Å². The van der Waals surface area contributed by atoms with Crippen LogP contribution >= 0.6 is 0 Å². The molecule has 0 aromatic carbocycles. The number of carboxylic acids is 1. The topological polar surface area (TPSA) is 91.7 Å². The molecule has 0 spiro atoms. The molecule has 0 aromatic heterocycles. The quantitative estimate of drug-likeness (QED) is 0.173. The minimum Gasteiger partial charge on any atom is -0.480 e. The Bertz CT molecular complexity index is 589. The summed E-state index contributed by atoms with van der Waals surface area (Å²) in [5, 5.41) is 10.7. The highest BCUT2D eigenvalue weighted by molar-refractivity contribution is 7.90. The molecular weight excluding hydrogens is 432 g/mol. The summed E-state index contributed by atoms with van der Waals surface area (Å²) in [4.78, 5) is 13.2. The Hall–Kier alpha value is -0.186. The third-order valence-electron chi connectivity index (χ3n) is 7.47. The maximum atomic E-state index is 13.3. The van der Waals surface area contributed by atoms with Gasteiger partial charge in [0.05, 0.1) is 16.1 Å². The van der Waals surface area contributed by atoms with Crippen LogP contribution in [0.2, 0.25) is 41.8 Å². The van der Waals surface area contributed by atoms with Gasteiger partial charge >= 0.3 is 5.97 Å². The molecule has 0 aliphatic carbocycles. The van der Waals surface area contributed by atoms with Crippen molar-refractivity contribution < 1.29 is 22.9 Å². The number of carboxylic acid groups (broad SMARTS) is 1. The summed E-state index contributed by atoms with van der Waals surface area (Å²) in [6, 6.07) is 4.69. The van der Waals surface area contributed by atoms with Crippen LogP contribution in [0.5, 0.6) is 0 Å². The molecule has 30 heavy (non-hydrogen) atoms. The Morgan fingerprint density at radius 2 is 1.07 bits per heavy atom. The zero-order valence-electron chi connectivity index (χ0n) is 20.6. The van der Waals surface area contributed by atoms with Gasteiger partial charge in [0, 0.05) is 0 Å². The lowest BCUT2D eigenvalue weighted by Crippen LogP contribution is -2.72. The molecule has 2 unspecified atom stereocenters. The van der Waals surface area contributed by atoms with Gasteiger partial charge in [0.15, 0.2) is 4.37 Å². The third-order valence-corrected chi connectivity index (χ3v) is 24.7. The fourth-order valence-electron chi connectivity index (χ4n) is 6.80. The molecule has 0 heterocycles. The van der Waals surface area contributed by atoms with Gasteiger partial charge in [-0.25, -0.2) is 0 Å². The number of hydrogen-bond donors (Lipinski definition) is 2. The SMILES string of the molecule is CCC[Si](CCC)(CCC)C(C)C(C(=O)O)([Si](CCC)(CCC)CCC)S(=O)(=O)O. The van der Waals surface area contributed by atoms with E-state index in [9.17, 15) is 22.9 Å². The highest BCUT2D eigenvalue weighted by Gasteiger charge is 2.70. The van der Waals surface area contributed by atoms with E-state index in [0.29, 0.717) is 18.1 Å². The molecular formula is C22H48O5SSi2. The lowest BCUT2D eigenvalue weighted by molar-refractivity contribution is -0.138. The van der Waals surface area contributed by atoms with Crippen molar-refractivity contribution in [2.45, 2.75) is 133 Å². The van der Waals surface area contributed by atoms with E-state index in [4.69, 9.17) is 0 Å². The Kier molecular flexibility index (Phi) is 12.7. The van der Waals surface area contributed by atoms with Crippen molar-refractivity contribution in [2.24, 2.45) is 0 Å². The van der Waals surface area contributed by atoms with Gasteiger partial charge in [-0.3, -0.25) is 9.35 Å². The predicted molar refractivity (Wildman–Crippen MR) is 133 cm³/mol. The van der Waals surface area contributed by atoms with E-state index < -0.39 is 42.1 Å². The molecule has 2 atom stereocenters. The Morgan fingerprint density at radius 1 is 0.767 bits per heavy atom. The molecule has 0 aliphatic rings. The summed E-state index contributed by atoms with van der Waals surface area (Å²) in [5.41, 5.74) is -0.492. The smallest absolute Gasteiger partial charge is 0.324 e. The first-order chi connectivity index (χ1) is 14.0. The first-order valence-electron chi connectivity index (χ1n) is 12.2. The second kappa shape index (κ2) is 12.7. The normalized spacial score (nSPS) is 16.3. The third kappa shape index (κ3) is 5.59. The van der Waals surface area contributed by atoms with Crippen molar-refractivity contribution in [3.05, 3.63) is 0 Å². The average molecular weight is 481 g/mol. The Morgan fingerprint density at radius 3 is 1.27 bits per heavy atom. The number of hydrogen-bond acceptors (Lipinski definition) is 3. The minimum atomic E-state index is -4.79. The van der Waals surface area contributed by atoms with Gasteiger partial charge in [0.1, 0.15) is 0 Å². The van der Waals surface area contributed by atoms with E-state index in [1.807, 2.05) is 27.7 Å². The molecule has 0 bridgehead atoms. The van der Waals surface area contributed by atoms with Crippen LogP contribution in [0.1, 0.15) is 87.0 Å². The molecule has 0 aromatic rings. The van der Waals surface area contributed by atoms with E-state index in [1.165, 1.54) is 0 Å². The molecule has 0 saturated carbocycles. The average Bonchev–Trinajstić information content (AvgIpc) is 2.61. The van der Waals surface area contributed by atoms with Crippen molar-refractivity contribution >= 4 is 32.2 Å². The molecule has 0 aliphatic heterocycles. The second-order valence-corrected chi connectivity index (χ2v) is 21.3. The summed E-state index contributed by atoms with van der Waals surface area (Å²) in [7, 11) is -10.0. The van der Waals surface area contributed by atoms with E-state index in [0.717, 1.165) is 56.7 Å². The van der Waals surface area contributed by atoms with Crippen LogP contribution in [-0.4, -0.2) is 44.6 Å². The highest BCUT2D eigenvalue weighted by Crippen LogP contribution is 2.54. The summed E-state index contributed by atoms with van der Waals surface area (Å²) < 4.78 is 35.4. The Labute approximate surface area is 188 Å². The lowest BCUT2D eigenvalue weighted by Gasteiger charge is -2.53. The highest BCUT2D eigenvalue weighted by atomic mass is 32.2. The summed E-state index contributed by atoms with van der Waals surface area (Å²) in [6.07, 6.45) is 5.07. The van der Waals surface area contributed by atoms with Crippen molar-refractivity contribution in [3.63, 3.8) is 0 Å². The van der Waals surface area contributed by atoms with Crippen LogP contribution in [0.3, 0.4) is 0 Å². The van der Waals surface area contributed by atoms with Gasteiger partial charge in [-0.15, -0.1) is 0 Å². The van der Waals surface area contributed by atoms with Gasteiger partial charge in [-0.1, -0.05) is 123 Å². The van der Waals surface area contributed by atoms with Crippen LogP contribution in [0.4, 0.5) is 0 Å². The number of rotatable bonds is 17. The minimum absolute atomic E-state index is 0.492. The molecule has 0 saturated heterocycles. The van der Waals surface area contributed by atoms with Crippen LogP contribution in [-0.2, 0) is 14.9 Å². The zero-order valence-corrected chi connectivity index (χ0v) is 23.4. The number of aliphatic carboxylic acids is 1. The van der Waals surface area contributed by atoms with Crippen molar-refractivity contribution in [1.29, 1.82) is 0 Å². The fourth-order valence-corrected chi connectivity index (χ4v) is 25.7. The molecule has 0 amide bonds. The van der Waals surface area contributed by atoms with Crippen molar-refractivity contribution in [1.82, 2.24) is 0 Å². The first-order valence-corrected chi connectivity index (χ1v) is 18.9. The van der Waals surface area contributed by atoms with Gasteiger partial charge in [0.2, 0.25) is 0 Å². The van der Waals surface area contributed by atoms with E-state index in [1.54, 1.807) is 0 Å². The largest absolute Gasteiger partial charge is 0.480 e. The molecule has 8 heteroatoms. The molecule has 0 rings (SSSR count). The number of carbonyl (C=O) groups is 1. The monoisotopic (exact) mass is 480 g/mol. The van der Waals surface area contributed by atoms with Gasteiger partial charge in [-0.05, 0) is 5.54 Å². The van der Waals surface area contributed by atoms with Crippen LogP contribution in [0, 0.1) is 0 Å².